The third kappa shape index (κ3) is 10.9. The number of aryl methyl sites for hydroxylation is 1. The van der Waals surface area contributed by atoms with Crippen molar-refractivity contribution in [3.63, 3.8) is 0 Å². The average molecular weight is 368 g/mol. The molecule has 0 bridgehead atoms. The fourth-order valence-corrected chi connectivity index (χ4v) is 2.10. The fourth-order valence-electron chi connectivity index (χ4n) is 2.10. The summed E-state index contributed by atoms with van der Waals surface area (Å²) < 4.78 is 34.1. The van der Waals surface area contributed by atoms with Crippen molar-refractivity contribution in [3.05, 3.63) is 54.1 Å². The summed E-state index contributed by atoms with van der Waals surface area (Å²) in [6.45, 7) is 2.19. The van der Waals surface area contributed by atoms with E-state index in [2.05, 4.69) is 13.0 Å². The Hall–Kier alpha value is 0.110. The molecule has 0 aliphatic carbocycles. The Morgan fingerprint density at radius 3 is 2.00 bits per heavy atom. The van der Waals surface area contributed by atoms with Gasteiger partial charge in [0.15, 0.2) is 0 Å². The third-order valence-electron chi connectivity index (χ3n) is 2.99. The maximum Gasteiger partial charge on any atom is 1.00 e. The Labute approximate surface area is 187 Å². The minimum atomic E-state index is -5.17. The van der Waals surface area contributed by atoms with E-state index in [1.165, 1.54) is 12.0 Å². The van der Waals surface area contributed by atoms with Crippen LogP contribution in [0.2, 0.25) is 0 Å². The molecule has 0 saturated heterocycles. The van der Waals surface area contributed by atoms with Crippen LogP contribution < -0.4 is 59.1 Å². The number of hydrogen-bond donors (Lipinski definition) is 1. The predicted molar refractivity (Wildman–Crippen MR) is 82.6 cm³/mol. The molecule has 0 aromatic heterocycles. The Kier molecular flexibility index (Phi) is 14.6. The molecule has 1 N–H and O–H groups in total. The van der Waals surface area contributed by atoms with Crippen LogP contribution in [-0.2, 0) is 16.8 Å². The third-order valence-corrected chi connectivity index (χ3v) is 2.99. The maximum atomic E-state index is 10.0. The molecule has 0 amide bonds. The molecule has 0 spiro atoms. The molecule has 0 aliphatic heterocycles. The molecule has 2 aromatic rings. The van der Waals surface area contributed by atoms with Crippen molar-refractivity contribution in [2.45, 2.75) is 26.2 Å². The zero-order valence-corrected chi connectivity index (χ0v) is 19.0. The van der Waals surface area contributed by atoms with Crippen LogP contribution in [0.4, 0.5) is 0 Å². The molecular formula is C16H18Na2O5S. The van der Waals surface area contributed by atoms with E-state index in [-0.39, 0.29) is 59.1 Å². The van der Waals surface area contributed by atoms with Crippen LogP contribution in [0.25, 0.3) is 11.1 Å². The van der Waals surface area contributed by atoms with E-state index in [0.29, 0.717) is 5.75 Å². The molecule has 0 aliphatic rings. The fraction of sp³-hybridized carbons (Fsp3) is 0.250. The van der Waals surface area contributed by atoms with Crippen LogP contribution in [-0.4, -0.2) is 22.6 Å². The van der Waals surface area contributed by atoms with Gasteiger partial charge in [0.1, 0.15) is 5.75 Å². The Morgan fingerprint density at radius 1 is 0.958 bits per heavy atom. The summed E-state index contributed by atoms with van der Waals surface area (Å²) in [6.07, 6.45) is 3.35. The number of phenolic OH excluding ortho intramolecular Hbond substituents is 1. The van der Waals surface area contributed by atoms with Gasteiger partial charge in [0.2, 0.25) is 0 Å². The van der Waals surface area contributed by atoms with Gasteiger partial charge in [0.25, 0.3) is 0 Å². The van der Waals surface area contributed by atoms with Crippen molar-refractivity contribution in [1.29, 1.82) is 0 Å². The van der Waals surface area contributed by atoms with Gasteiger partial charge in [-0.3, -0.25) is 8.42 Å². The maximum absolute atomic E-state index is 10.0. The number of benzene rings is 2. The summed E-state index contributed by atoms with van der Waals surface area (Å²) in [4.78, 5) is 0. The van der Waals surface area contributed by atoms with Gasteiger partial charge in [0, 0.05) is 16.0 Å². The Morgan fingerprint density at radius 2 is 1.50 bits per heavy atom. The van der Waals surface area contributed by atoms with Crippen molar-refractivity contribution in [2.75, 3.05) is 0 Å². The largest absolute Gasteiger partial charge is 1.00 e. The summed E-state index contributed by atoms with van der Waals surface area (Å²) in [7, 11) is -5.17. The van der Waals surface area contributed by atoms with Gasteiger partial charge in [-0.05, 0) is 30.0 Å². The molecule has 2 aromatic carbocycles. The predicted octanol–water partition coefficient (Wildman–Crippen LogP) is -2.93. The van der Waals surface area contributed by atoms with Gasteiger partial charge in [-0.2, -0.15) is 0 Å². The van der Waals surface area contributed by atoms with E-state index in [0.717, 1.165) is 24.0 Å². The van der Waals surface area contributed by atoms with Gasteiger partial charge in [-0.1, -0.05) is 55.8 Å². The molecule has 0 radical (unpaired) electrons. The van der Waals surface area contributed by atoms with Crippen LogP contribution in [0.3, 0.4) is 0 Å². The zero-order valence-electron chi connectivity index (χ0n) is 14.2. The van der Waals surface area contributed by atoms with Crippen LogP contribution in [0, 0.1) is 0 Å². The standard InChI is InChI=1S/C16H18O.2Na.H2O4S/c1-2-3-8-13-11-7-12-15(17)16(13)14-9-5-4-6-10-14;;;1-5(2,3)4/h4-7,9-12,17H,2-3,8H2,1H3;;;(H2,1,2,3,4)/q;2*+1;/p-2. The minimum absolute atomic E-state index is 0. The molecular weight excluding hydrogens is 350 g/mol. The van der Waals surface area contributed by atoms with Gasteiger partial charge in [0.05, 0.1) is 0 Å². The van der Waals surface area contributed by atoms with E-state index in [1.807, 2.05) is 36.4 Å². The van der Waals surface area contributed by atoms with Crippen molar-refractivity contribution >= 4 is 10.4 Å². The Balaban J connectivity index is 0. The smallest absolute Gasteiger partial charge is 0.759 e. The summed E-state index contributed by atoms with van der Waals surface area (Å²) in [6, 6.07) is 15.9. The van der Waals surface area contributed by atoms with E-state index in [4.69, 9.17) is 17.5 Å². The minimum Gasteiger partial charge on any atom is -0.759 e. The molecule has 0 heterocycles. The summed E-state index contributed by atoms with van der Waals surface area (Å²) >= 11 is 0. The second kappa shape index (κ2) is 13.3. The van der Waals surface area contributed by atoms with Crippen molar-refractivity contribution < 1.29 is 81.7 Å². The molecule has 120 valence electrons. The Bertz CT molecular complexity index is 683. The zero-order chi connectivity index (χ0) is 16.6. The number of unbranched alkanes of at least 4 members (excludes halogenated alkanes) is 1. The topological polar surface area (TPSA) is 100 Å². The first kappa shape index (κ1) is 26.3. The first-order valence-corrected chi connectivity index (χ1v) is 8.19. The molecule has 0 fully saturated rings. The van der Waals surface area contributed by atoms with E-state index >= 15 is 0 Å². The van der Waals surface area contributed by atoms with Crippen molar-refractivity contribution in [1.82, 2.24) is 0 Å². The molecule has 0 atom stereocenters. The van der Waals surface area contributed by atoms with Gasteiger partial charge in [-0.15, -0.1) is 0 Å². The van der Waals surface area contributed by atoms with Gasteiger partial charge < -0.3 is 14.2 Å². The number of phenols is 1. The first-order chi connectivity index (χ1) is 10.3. The SMILES string of the molecule is CCCCc1cccc(O)c1-c1ccccc1.O=S(=O)([O-])[O-].[Na+].[Na+]. The van der Waals surface area contributed by atoms with Crippen LogP contribution >= 0.6 is 0 Å². The summed E-state index contributed by atoms with van der Waals surface area (Å²) in [5.74, 6) is 0.379. The van der Waals surface area contributed by atoms with Crippen LogP contribution in [0.5, 0.6) is 5.75 Å². The molecule has 2 rings (SSSR count). The van der Waals surface area contributed by atoms with Gasteiger partial charge in [-0.25, -0.2) is 0 Å². The second-order valence-corrected chi connectivity index (χ2v) is 5.51. The first-order valence-electron chi connectivity index (χ1n) is 6.86. The summed E-state index contributed by atoms with van der Waals surface area (Å²) in [5, 5.41) is 10.0. The number of hydrogen-bond acceptors (Lipinski definition) is 5. The number of aromatic hydroxyl groups is 1. The van der Waals surface area contributed by atoms with Crippen molar-refractivity contribution in [3.8, 4) is 16.9 Å². The second-order valence-electron chi connectivity index (χ2n) is 4.69. The molecule has 0 unspecified atom stereocenters. The summed E-state index contributed by atoms with van der Waals surface area (Å²) in [5.41, 5.74) is 3.32. The average Bonchev–Trinajstić information content (AvgIpc) is 2.44. The molecule has 5 nitrogen and oxygen atoms in total. The van der Waals surface area contributed by atoms with E-state index < -0.39 is 10.4 Å². The van der Waals surface area contributed by atoms with Crippen LogP contribution in [0.1, 0.15) is 25.3 Å². The molecule has 0 saturated carbocycles. The molecule has 24 heavy (non-hydrogen) atoms. The van der Waals surface area contributed by atoms with Crippen molar-refractivity contribution in [2.24, 2.45) is 0 Å². The molecule has 8 heteroatoms. The quantitative estimate of drug-likeness (QED) is 0.354. The van der Waals surface area contributed by atoms with Crippen LogP contribution in [0.15, 0.2) is 48.5 Å². The normalized spacial score (nSPS) is 9.79. The van der Waals surface area contributed by atoms with E-state index in [1.54, 1.807) is 6.07 Å². The van der Waals surface area contributed by atoms with Gasteiger partial charge >= 0.3 is 59.1 Å². The van der Waals surface area contributed by atoms with E-state index in [9.17, 15) is 5.11 Å². The number of rotatable bonds is 4. The monoisotopic (exact) mass is 368 g/mol.